The maximum atomic E-state index is 6.22. The van der Waals surface area contributed by atoms with Crippen molar-refractivity contribution < 1.29 is 4.74 Å². The average Bonchev–Trinajstić information content (AvgIpc) is 2.93. The Bertz CT molecular complexity index is 736. The Morgan fingerprint density at radius 1 is 1.14 bits per heavy atom. The minimum absolute atomic E-state index is 0.513. The molecule has 5 nitrogen and oxygen atoms in total. The van der Waals surface area contributed by atoms with Gasteiger partial charge in [0.15, 0.2) is 0 Å². The van der Waals surface area contributed by atoms with Crippen molar-refractivity contribution in [2.45, 2.75) is 58.3 Å². The molecule has 0 bridgehead atoms. The average molecular weight is 383 g/mol. The van der Waals surface area contributed by atoms with Gasteiger partial charge in [0.1, 0.15) is 5.82 Å². The zero-order valence-corrected chi connectivity index (χ0v) is 17.3. The zero-order valence-electron chi connectivity index (χ0n) is 17.3. The van der Waals surface area contributed by atoms with Gasteiger partial charge in [0.05, 0.1) is 12.3 Å². The van der Waals surface area contributed by atoms with Crippen LogP contribution in [0.5, 0.6) is 6.01 Å². The number of nitrogens with one attached hydrogen (secondary N) is 1. The largest absolute Gasteiger partial charge is 0.463 e. The molecule has 0 radical (unpaired) electrons. The first-order chi connectivity index (χ1) is 13.7. The fourth-order valence-corrected chi connectivity index (χ4v) is 4.80. The van der Waals surface area contributed by atoms with Gasteiger partial charge in [0.25, 0.3) is 0 Å². The van der Waals surface area contributed by atoms with Crippen molar-refractivity contribution >= 4 is 5.82 Å². The molecule has 0 aromatic carbocycles. The molecule has 3 aliphatic rings. The van der Waals surface area contributed by atoms with Crippen molar-refractivity contribution in [3.8, 4) is 6.01 Å². The van der Waals surface area contributed by atoms with Gasteiger partial charge in [-0.25, -0.2) is 0 Å². The molecule has 152 valence electrons. The standard InChI is InChI=1S/C23H34N4O/c1-3-18-8-4-5-9-19(18)16-28-23-25-21-15-17(2)7-6-10-20(21)22(26-23)27-13-11-24-12-14-27/h3,19,24H,2,4-16H2,1H3/b18-3-/t19-/m0/s1. The highest BCUT2D eigenvalue weighted by molar-refractivity contribution is 5.52. The van der Waals surface area contributed by atoms with Crippen LogP contribution in [0.4, 0.5) is 5.82 Å². The highest BCUT2D eigenvalue weighted by Gasteiger charge is 2.24. The summed E-state index contributed by atoms with van der Waals surface area (Å²) in [6.45, 7) is 11.1. The van der Waals surface area contributed by atoms with E-state index in [1.54, 1.807) is 0 Å². The third-order valence-electron chi connectivity index (χ3n) is 6.42. The van der Waals surface area contributed by atoms with Gasteiger partial charge in [-0.15, -0.1) is 0 Å². The van der Waals surface area contributed by atoms with E-state index in [0.717, 1.165) is 63.4 Å². The van der Waals surface area contributed by atoms with Crippen molar-refractivity contribution in [3.63, 3.8) is 0 Å². The molecule has 1 aliphatic heterocycles. The number of allylic oxidation sites excluding steroid dienone is 2. The fraction of sp³-hybridized carbons (Fsp3) is 0.652. The van der Waals surface area contributed by atoms with E-state index >= 15 is 0 Å². The lowest BCUT2D eigenvalue weighted by Crippen LogP contribution is -2.44. The van der Waals surface area contributed by atoms with Crippen LogP contribution in [0.15, 0.2) is 23.8 Å². The number of aromatic nitrogens is 2. The quantitative estimate of drug-likeness (QED) is 0.633. The van der Waals surface area contributed by atoms with E-state index in [-0.39, 0.29) is 0 Å². The molecule has 4 rings (SSSR count). The van der Waals surface area contributed by atoms with Crippen LogP contribution in [0.2, 0.25) is 0 Å². The third-order valence-corrected chi connectivity index (χ3v) is 6.42. The molecular weight excluding hydrogens is 348 g/mol. The van der Waals surface area contributed by atoms with Gasteiger partial charge >= 0.3 is 6.01 Å². The number of ether oxygens (including phenoxy) is 1. The van der Waals surface area contributed by atoms with Crippen LogP contribution in [0.3, 0.4) is 0 Å². The maximum Gasteiger partial charge on any atom is 0.318 e. The second-order valence-electron chi connectivity index (χ2n) is 8.39. The number of hydrogen-bond acceptors (Lipinski definition) is 5. The first kappa shape index (κ1) is 19.4. The molecule has 5 heteroatoms. The van der Waals surface area contributed by atoms with E-state index in [1.165, 1.54) is 42.4 Å². The van der Waals surface area contributed by atoms with Crippen LogP contribution >= 0.6 is 0 Å². The van der Waals surface area contributed by atoms with Crippen LogP contribution < -0.4 is 15.0 Å². The van der Waals surface area contributed by atoms with E-state index in [0.29, 0.717) is 18.5 Å². The Kier molecular flexibility index (Phi) is 6.30. The van der Waals surface area contributed by atoms with E-state index in [9.17, 15) is 0 Å². The second-order valence-corrected chi connectivity index (χ2v) is 8.39. The molecule has 2 aliphatic carbocycles. The summed E-state index contributed by atoms with van der Waals surface area (Å²) in [5.41, 5.74) is 5.27. The Balaban J connectivity index is 1.59. The number of fused-ring (bicyclic) bond motifs is 1. The Hall–Kier alpha value is -1.88. The molecule has 0 spiro atoms. The molecule has 1 aromatic heterocycles. The Labute approximate surface area is 169 Å². The monoisotopic (exact) mass is 382 g/mol. The van der Waals surface area contributed by atoms with Gasteiger partial charge in [-0.05, 0) is 45.4 Å². The van der Waals surface area contributed by atoms with Crippen LogP contribution in [-0.4, -0.2) is 42.8 Å². The number of hydrogen-bond donors (Lipinski definition) is 1. The Morgan fingerprint density at radius 3 is 2.82 bits per heavy atom. The molecule has 1 aromatic rings. The van der Waals surface area contributed by atoms with Gasteiger partial charge in [0, 0.05) is 44.1 Å². The van der Waals surface area contributed by atoms with E-state index in [4.69, 9.17) is 14.7 Å². The molecule has 1 saturated carbocycles. The van der Waals surface area contributed by atoms with Crippen molar-refractivity contribution in [1.82, 2.24) is 15.3 Å². The lowest BCUT2D eigenvalue weighted by Gasteiger charge is -2.31. The van der Waals surface area contributed by atoms with E-state index in [2.05, 4.69) is 29.8 Å². The smallest absolute Gasteiger partial charge is 0.318 e. The SMILES string of the molecule is C=C1CCCc2c(nc(OC[C@@H]3CCCC/C3=C/C)nc2N2CCNCC2)C1. The van der Waals surface area contributed by atoms with Gasteiger partial charge < -0.3 is 15.0 Å². The predicted octanol–water partition coefficient (Wildman–Crippen LogP) is 3.84. The minimum Gasteiger partial charge on any atom is -0.463 e. The molecule has 28 heavy (non-hydrogen) atoms. The van der Waals surface area contributed by atoms with Crippen molar-refractivity contribution in [1.29, 1.82) is 0 Å². The van der Waals surface area contributed by atoms with Gasteiger partial charge in [0.2, 0.25) is 0 Å². The zero-order chi connectivity index (χ0) is 19.3. The summed E-state index contributed by atoms with van der Waals surface area (Å²) in [5.74, 6) is 1.62. The topological polar surface area (TPSA) is 50.3 Å². The van der Waals surface area contributed by atoms with Gasteiger partial charge in [-0.3, -0.25) is 0 Å². The highest BCUT2D eigenvalue weighted by atomic mass is 16.5. The third kappa shape index (κ3) is 4.40. The summed E-state index contributed by atoms with van der Waals surface area (Å²) in [7, 11) is 0. The van der Waals surface area contributed by atoms with Gasteiger partial charge in [-0.1, -0.05) is 30.2 Å². The first-order valence-electron chi connectivity index (χ1n) is 11.0. The summed E-state index contributed by atoms with van der Waals surface area (Å²) in [4.78, 5) is 12.2. The summed E-state index contributed by atoms with van der Waals surface area (Å²) in [5, 5.41) is 3.44. The van der Waals surface area contributed by atoms with Crippen LogP contribution in [0.1, 0.15) is 56.7 Å². The second kappa shape index (κ2) is 9.08. The molecule has 1 saturated heterocycles. The van der Waals surface area contributed by atoms with Gasteiger partial charge in [-0.2, -0.15) is 9.97 Å². The number of piperazine rings is 1. The molecule has 0 amide bonds. The molecule has 2 fully saturated rings. The lowest BCUT2D eigenvalue weighted by atomic mass is 9.85. The van der Waals surface area contributed by atoms with Crippen molar-refractivity contribution in [2.24, 2.45) is 5.92 Å². The minimum atomic E-state index is 0.513. The predicted molar refractivity (Wildman–Crippen MR) is 114 cm³/mol. The molecular formula is C23H34N4O. The summed E-state index contributed by atoms with van der Waals surface area (Å²) >= 11 is 0. The molecule has 2 heterocycles. The van der Waals surface area contributed by atoms with E-state index in [1.807, 2.05) is 0 Å². The lowest BCUT2D eigenvalue weighted by molar-refractivity contribution is 0.228. The summed E-state index contributed by atoms with van der Waals surface area (Å²) in [6, 6.07) is 0.558. The normalized spacial score (nSPS) is 24.8. The highest BCUT2D eigenvalue weighted by Crippen LogP contribution is 2.32. The Morgan fingerprint density at radius 2 is 2.00 bits per heavy atom. The number of nitrogens with zero attached hydrogens (tertiary/aromatic N) is 3. The number of rotatable bonds is 4. The fourth-order valence-electron chi connectivity index (χ4n) is 4.80. The molecule has 0 unspecified atom stereocenters. The first-order valence-corrected chi connectivity index (χ1v) is 11.0. The summed E-state index contributed by atoms with van der Waals surface area (Å²) in [6.07, 6.45) is 11.4. The van der Waals surface area contributed by atoms with Crippen molar-refractivity contribution in [2.75, 3.05) is 37.7 Å². The molecule has 1 atom stereocenters. The van der Waals surface area contributed by atoms with Crippen LogP contribution in [-0.2, 0) is 12.8 Å². The molecule has 1 N–H and O–H groups in total. The van der Waals surface area contributed by atoms with Crippen molar-refractivity contribution in [3.05, 3.63) is 35.1 Å². The van der Waals surface area contributed by atoms with Crippen LogP contribution in [0.25, 0.3) is 0 Å². The van der Waals surface area contributed by atoms with E-state index < -0.39 is 0 Å². The van der Waals surface area contributed by atoms with Crippen LogP contribution in [0, 0.1) is 5.92 Å². The maximum absolute atomic E-state index is 6.22. The summed E-state index contributed by atoms with van der Waals surface area (Å²) < 4.78 is 6.22. The number of anilines is 1.